The number of para-hydroxylation sites is 1. The first-order chi connectivity index (χ1) is 13.0. The first-order valence-corrected chi connectivity index (χ1v) is 8.50. The molecule has 140 valence electrons. The summed E-state index contributed by atoms with van der Waals surface area (Å²) in [5, 5.41) is 5.60. The van der Waals surface area contributed by atoms with Crippen LogP contribution in [0.25, 0.3) is 0 Å². The first-order valence-electron chi connectivity index (χ1n) is 8.50. The summed E-state index contributed by atoms with van der Waals surface area (Å²) in [4.78, 5) is 26.6. The van der Waals surface area contributed by atoms with Crippen LogP contribution in [0.5, 0.6) is 11.5 Å². The van der Waals surface area contributed by atoms with Gasteiger partial charge in [0.15, 0.2) is 11.5 Å². The summed E-state index contributed by atoms with van der Waals surface area (Å²) in [6.07, 6.45) is 0.540. The summed E-state index contributed by atoms with van der Waals surface area (Å²) < 4.78 is 10.5. The number of nitrogens with zero attached hydrogens (tertiary/aromatic N) is 3. The Kier molecular flexibility index (Phi) is 5.40. The van der Waals surface area contributed by atoms with Gasteiger partial charge in [-0.3, -0.25) is 9.59 Å². The molecule has 2 amide bonds. The molecule has 3 rings (SSSR count). The van der Waals surface area contributed by atoms with Crippen molar-refractivity contribution in [2.45, 2.75) is 12.8 Å². The summed E-state index contributed by atoms with van der Waals surface area (Å²) in [6, 6.07) is 14.3. The molecule has 0 radical (unpaired) electrons. The molecule has 0 aliphatic carbocycles. The van der Waals surface area contributed by atoms with Crippen molar-refractivity contribution in [2.75, 3.05) is 31.2 Å². The lowest BCUT2D eigenvalue weighted by Gasteiger charge is -2.25. The third kappa shape index (κ3) is 3.76. The van der Waals surface area contributed by atoms with Crippen molar-refractivity contribution in [1.29, 1.82) is 0 Å². The molecule has 2 aromatic rings. The quantitative estimate of drug-likeness (QED) is 0.815. The van der Waals surface area contributed by atoms with Crippen molar-refractivity contribution in [2.24, 2.45) is 5.10 Å². The van der Waals surface area contributed by atoms with E-state index < -0.39 is 0 Å². The van der Waals surface area contributed by atoms with Crippen LogP contribution in [0, 0.1) is 0 Å². The normalized spacial score (nSPS) is 13.8. The van der Waals surface area contributed by atoms with Crippen LogP contribution in [0.2, 0.25) is 0 Å². The van der Waals surface area contributed by atoms with Gasteiger partial charge in [0.2, 0.25) is 5.91 Å². The number of benzene rings is 2. The van der Waals surface area contributed by atoms with Gasteiger partial charge in [-0.1, -0.05) is 18.2 Å². The first kappa shape index (κ1) is 18.4. The van der Waals surface area contributed by atoms with Crippen molar-refractivity contribution < 1.29 is 19.1 Å². The Morgan fingerprint density at radius 1 is 1.04 bits per heavy atom. The Labute approximate surface area is 157 Å². The lowest BCUT2D eigenvalue weighted by molar-refractivity contribution is -0.118. The highest BCUT2D eigenvalue weighted by molar-refractivity contribution is 6.44. The molecule has 0 unspecified atom stereocenters. The smallest absolute Gasteiger partial charge is 0.274 e. The minimum atomic E-state index is -0.268. The number of carbonyl (C=O) groups is 2. The minimum Gasteiger partial charge on any atom is -0.493 e. The molecule has 0 spiro atoms. The van der Waals surface area contributed by atoms with Gasteiger partial charge in [-0.05, 0) is 24.3 Å². The molecule has 0 N–H and O–H groups in total. The van der Waals surface area contributed by atoms with Gasteiger partial charge in [-0.25, -0.2) is 5.01 Å². The van der Waals surface area contributed by atoms with E-state index in [0.29, 0.717) is 35.0 Å². The summed E-state index contributed by atoms with van der Waals surface area (Å²) in [5.74, 6) is 0.710. The second kappa shape index (κ2) is 7.90. The van der Waals surface area contributed by atoms with Gasteiger partial charge in [-0.15, -0.1) is 0 Å². The zero-order valence-electron chi connectivity index (χ0n) is 15.5. The van der Waals surface area contributed by atoms with Crippen LogP contribution in [-0.4, -0.2) is 38.8 Å². The Balaban J connectivity index is 1.87. The van der Waals surface area contributed by atoms with E-state index in [2.05, 4.69) is 5.10 Å². The number of hydrazone groups is 1. The van der Waals surface area contributed by atoms with Crippen molar-refractivity contribution in [1.82, 2.24) is 0 Å². The molecule has 0 saturated heterocycles. The van der Waals surface area contributed by atoms with E-state index in [-0.39, 0.29) is 18.2 Å². The second-order valence-electron chi connectivity index (χ2n) is 5.99. The summed E-state index contributed by atoms with van der Waals surface area (Å²) in [5.41, 5.74) is 1.61. The third-order valence-electron chi connectivity index (χ3n) is 4.34. The fraction of sp³-hybridized carbons (Fsp3) is 0.250. The zero-order chi connectivity index (χ0) is 19.4. The number of amides is 2. The highest BCUT2D eigenvalue weighted by atomic mass is 16.5. The van der Waals surface area contributed by atoms with Gasteiger partial charge >= 0.3 is 0 Å². The number of rotatable bonds is 5. The average molecular weight is 367 g/mol. The van der Waals surface area contributed by atoms with E-state index in [9.17, 15) is 9.59 Å². The van der Waals surface area contributed by atoms with E-state index in [0.717, 1.165) is 0 Å². The zero-order valence-corrected chi connectivity index (χ0v) is 15.5. The van der Waals surface area contributed by atoms with Gasteiger partial charge in [0.1, 0.15) is 5.71 Å². The molecule has 2 aromatic carbocycles. The number of ether oxygens (including phenoxy) is 2. The molecule has 27 heavy (non-hydrogen) atoms. The van der Waals surface area contributed by atoms with E-state index in [1.165, 1.54) is 17.0 Å². The lowest BCUT2D eigenvalue weighted by atomic mass is 10.1. The van der Waals surface area contributed by atoms with Crippen molar-refractivity contribution in [3.05, 3.63) is 48.5 Å². The maximum Gasteiger partial charge on any atom is 0.274 e. The van der Waals surface area contributed by atoms with Crippen LogP contribution >= 0.6 is 0 Å². The molecule has 7 heteroatoms. The molecule has 0 bridgehead atoms. The van der Waals surface area contributed by atoms with Gasteiger partial charge in [0, 0.05) is 31.6 Å². The van der Waals surface area contributed by atoms with Crippen LogP contribution < -0.4 is 19.4 Å². The van der Waals surface area contributed by atoms with Gasteiger partial charge in [0.05, 0.1) is 19.9 Å². The fourth-order valence-corrected chi connectivity index (χ4v) is 2.82. The molecule has 0 fully saturated rings. The van der Waals surface area contributed by atoms with E-state index in [4.69, 9.17) is 9.47 Å². The summed E-state index contributed by atoms with van der Waals surface area (Å²) in [7, 11) is 4.76. The molecule has 1 heterocycles. The van der Waals surface area contributed by atoms with Gasteiger partial charge in [0.25, 0.3) is 5.91 Å². The van der Waals surface area contributed by atoms with Gasteiger partial charge < -0.3 is 14.4 Å². The van der Waals surface area contributed by atoms with Crippen molar-refractivity contribution in [3.8, 4) is 11.5 Å². The van der Waals surface area contributed by atoms with E-state index in [1.807, 2.05) is 18.2 Å². The predicted molar refractivity (Wildman–Crippen MR) is 104 cm³/mol. The van der Waals surface area contributed by atoms with Crippen LogP contribution in [0.3, 0.4) is 0 Å². The van der Waals surface area contributed by atoms with Crippen LogP contribution in [0.15, 0.2) is 53.6 Å². The molecule has 1 aliphatic rings. The lowest BCUT2D eigenvalue weighted by Crippen LogP contribution is -2.40. The fourth-order valence-electron chi connectivity index (χ4n) is 2.82. The van der Waals surface area contributed by atoms with Gasteiger partial charge in [-0.2, -0.15) is 5.10 Å². The maximum atomic E-state index is 12.9. The SMILES string of the molecule is COc1ccc(N(C)C(=O)C2=NN(c3ccccc3)C(=O)CC2)cc1OC. The van der Waals surface area contributed by atoms with E-state index >= 15 is 0 Å². The Bertz CT molecular complexity index is 880. The Hall–Kier alpha value is -3.35. The largest absolute Gasteiger partial charge is 0.493 e. The summed E-state index contributed by atoms with van der Waals surface area (Å²) >= 11 is 0. The minimum absolute atomic E-state index is 0.133. The molecule has 0 aromatic heterocycles. The highest BCUT2D eigenvalue weighted by Gasteiger charge is 2.28. The maximum absolute atomic E-state index is 12.9. The van der Waals surface area contributed by atoms with Crippen LogP contribution in [-0.2, 0) is 9.59 Å². The van der Waals surface area contributed by atoms with Crippen LogP contribution in [0.1, 0.15) is 12.8 Å². The molecule has 0 saturated carbocycles. The molecule has 7 nitrogen and oxygen atoms in total. The Morgan fingerprint density at radius 3 is 2.41 bits per heavy atom. The predicted octanol–water partition coefficient (Wildman–Crippen LogP) is 2.85. The topological polar surface area (TPSA) is 71.4 Å². The average Bonchev–Trinajstić information content (AvgIpc) is 2.73. The third-order valence-corrected chi connectivity index (χ3v) is 4.34. The number of hydrogen-bond donors (Lipinski definition) is 0. The van der Waals surface area contributed by atoms with Crippen molar-refractivity contribution in [3.63, 3.8) is 0 Å². The number of methoxy groups -OCH3 is 2. The Morgan fingerprint density at radius 2 is 1.74 bits per heavy atom. The van der Waals surface area contributed by atoms with Crippen LogP contribution in [0.4, 0.5) is 11.4 Å². The van der Waals surface area contributed by atoms with E-state index in [1.54, 1.807) is 44.5 Å². The summed E-state index contributed by atoms with van der Waals surface area (Å²) in [6.45, 7) is 0. The molecule has 0 atom stereocenters. The van der Waals surface area contributed by atoms with Crippen molar-refractivity contribution >= 4 is 28.9 Å². The number of hydrogen-bond acceptors (Lipinski definition) is 5. The standard InChI is InChI=1S/C20H21N3O4/c1-22(15-9-11-17(26-2)18(13-15)27-3)20(25)16-10-12-19(24)23(21-16)14-7-5-4-6-8-14/h4-9,11,13H,10,12H2,1-3H3. The number of anilines is 2. The second-order valence-corrected chi connectivity index (χ2v) is 5.99. The highest BCUT2D eigenvalue weighted by Crippen LogP contribution is 2.31. The number of carbonyl (C=O) groups excluding carboxylic acids is 2. The monoisotopic (exact) mass is 367 g/mol. The molecule has 1 aliphatic heterocycles. The molecular formula is C20H21N3O4. The molecular weight excluding hydrogens is 346 g/mol.